The van der Waals surface area contributed by atoms with E-state index >= 15 is 0 Å². The van der Waals surface area contributed by atoms with Gasteiger partial charge in [0.2, 0.25) is 0 Å². The van der Waals surface area contributed by atoms with Gasteiger partial charge in [-0.1, -0.05) is 70.4 Å². The number of hydrogen-bond acceptors (Lipinski definition) is 4. The second-order valence-corrected chi connectivity index (χ2v) is 5.87. The lowest BCUT2D eigenvalue weighted by Crippen LogP contribution is -2.07. The average Bonchev–Trinajstić information content (AvgIpc) is 2.58. The van der Waals surface area contributed by atoms with E-state index in [1.54, 1.807) is 19.1 Å². The van der Waals surface area contributed by atoms with Gasteiger partial charge in [-0.05, 0) is 19.8 Å². The quantitative estimate of drug-likeness (QED) is 0.191. The molecule has 0 heterocycles. The highest BCUT2D eigenvalue weighted by Gasteiger charge is 2.09. The Labute approximate surface area is 147 Å². The highest BCUT2D eigenvalue weighted by molar-refractivity contribution is 5.89. The summed E-state index contributed by atoms with van der Waals surface area (Å²) in [6, 6.07) is 0. The number of esters is 2. The molecular formula is C20H34O4. The minimum Gasteiger partial charge on any atom is -0.466 e. The molecular weight excluding hydrogens is 304 g/mol. The second kappa shape index (κ2) is 16.3. The van der Waals surface area contributed by atoms with E-state index in [0.717, 1.165) is 12.8 Å². The van der Waals surface area contributed by atoms with Crippen molar-refractivity contribution in [1.82, 2.24) is 0 Å². The van der Waals surface area contributed by atoms with Gasteiger partial charge in [-0.15, -0.1) is 0 Å². The third-order valence-corrected chi connectivity index (χ3v) is 3.82. The van der Waals surface area contributed by atoms with E-state index in [2.05, 4.69) is 11.7 Å². The summed E-state index contributed by atoms with van der Waals surface area (Å²) < 4.78 is 9.59. The summed E-state index contributed by atoms with van der Waals surface area (Å²) in [5, 5.41) is 0. The normalized spacial score (nSPS) is 11.7. The largest absolute Gasteiger partial charge is 0.466 e. The number of methoxy groups -OCH3 is 1. The molecule has 0 atom stereocenters. The van der Waals surface area contributed by atoms with Gasteiger partial charge in [-0.3, -0.25) is 0 Å². The molecule has 0 rings (SSSR count). The highest BCUT2D eigenvalue weighted by Crippen LogP contribution is 2.14. The fourth-order valence-corrected chi connectivity index (χ4v) is 2.41. The zero-order valence-electron chi connectivity index (χ0n) is 15.6. The van der Waals surface area contributed by atoms with Gasteiger partial charge in [-0.25, -0.2) is 9.59 Å². The van der Waals surface area contributed by atoms with Crippen LogP contribution in [0.25, 0.3) is 0 Å². The first kappa shape index (κ1) is 22.4. The van der Waals surface area contributed by atoms with Gasteiger partial charge in [-0.2, -0.15) is 0 Å². The molecule has 0 N–H and O–H groups in total. The number of carbonyl (C=O) groups is 2. The van der Waals surface area contributed by atoms with Gasteiger partial charge < -0.3 is 9.47 Å². The predicted molar refractivity (Wildman–Crippen MR) is 97.7 cm³/mol. The smallest absolute Gasteiger partial charge is 0.333 e. The summed E-state index contributed by atoms with van der Waals surface area (Å²) >= 11 is 0. The van der Waals surface area contributed by atoms with Crippen LogP contribution in [0.1, 0.15) is 78.1 Å². The number of unbranched alkanes of at least 4 members (excludes halogenated alkanes) is 8. The molecule has 0 aromatic heterocycles. The summed E-state index contributed by atoms with van der Waals surface area (Å²) in [6.07, 6.45) is 16.4. The third-order valence-electron chi connectivity index (χ3n) is 3.82. The van der Waals surface area contributed by atoms with Crippen molar-refractivity contribution in [2.75, 3.05) is 13.7 Å². The van der Waals surface area contributed by atoms with Crippen molar-refractivity contribution >= 4 is 11.9 Å². The molecule has 0 saturated heterocycles. The molecule has 0 radical (unpaired) electrons. The molecule has 0 unspecified atom stereocenters. The standard InChI is InChI=1S/C20H34O4/c1-4-6-7-8-9-10-11-12-13-15-18(20(22)24-5-2)16-14-17-19(21)23-3/h14,16-17H,4-13,15H2,1-3H3/b17-14+,18-16+. The van der Waals surface area contributed by atoms with E-state index in [9.17, 15) is 9.59 Å². The lowest BCUT2D eigenvalue weighted by atomic mass is 10.0. The van der Waals surface area contributed by atoms with Gasteiger partial charge in [0.05, 0.1) is 13.7 Å². The Hall–Kier alpha value is -1.58. The molecule has 0 saturated carbocycles. The van der Waals surface area contributed by atoms with Crippen molar-refractivity contribution in [1.29, 1.82) is 0 Å². The zero-order chi connectivity index (χ0) is 18.0. The molecule has 0 amide bonds. The molecule has 0 aliphatic heterocycles. The monoisotopic (exact) mass is 338 g/mol. The summed E-state index contributed by atoms with van der Waals surface area (Å²) in [5.74, 6) is -0.732. The van der Waals surface area contributed by atoms with Crippen molar-refractivity contribution in [3.8, 4) is 0 Å². The maximum Gasteiger partial charge on any atom is 0.333 e. The first-order valence-corrected chi connectivity index (χ1v) is 9.28. The number of rotatable bonds is 14. The first-order chi connectivity index (χ1) is 11.7. The van der Waals surface area contributed by atoms with E-state index in [-0.39, 0.29) is 5.97 Å². The molecule has 4 heteroatoms. The Morgan fingerprint density at radius 2 is 1.46 bits per heavy atom. The summed E-state index contributed by atoms with van der Waals surface area (Å²) in [7, 11) is 1.32. The van der Waals surface area contributed by atoms with Crippen LogP contribution in [-0.2, 0) is 19.1 Å². The summed E-state index contributed by atoms with van der Waals surface area (Å²) in [4.78, 5) is 23.0. The van der Waals surface area contributed by atoms with Crippen LogP contribution in [-0.4, -0.2) is 25.7 Å². The van der Waals surface area contributed by atoms with Gasteiger partial charge in [0, 0.05) is 11.6 Å². The van der Waals surface area contributed by atoms with Crippen molar-refractivity contribution < 1.29 is 19.1 Å². The number of hydrogen-bond donors (Lipinski definition) is 0. The molecule has 0 fully saturated rings. The van der Waals surface area contributed by atoms with Crippen LogP contribution in [0.3, 0.4) is 0 Å². The number of carbonyl (C=O) groups excluding carboxylic acids is 2. The fraction of sp³-hybridized carbons (Fsp3) is 0.700. The number of ether oxygens (including phenoxy) is 2. The SMILES string of the molecule is CCCCCCCCCCC/C(=C\C=C\C(=O)OC)C(=O)OCC. The highest BCUT2D eigenvalue weighted by atomic mass is 16.5. The van der Waals surface area contributed by atoms with Crippen LogP contribution in [0.2, 0.25) is 0 Å². The van der Waals surface area contributed by atoms with Crippen LogP contribution in [0.15, 0.2) is 23.8 Å². The van der Waals surface area contributed by atoms with Crippen LogP contribution < -0.4 is 0 Å². The molecule has 0 spiro atoms. The zero-order valence-corrected chi connectivity index (χ0v) is 15.6. The van der Waals surface area contributed by atoms with Crippen LogP contribution in [0.5, 0.6) is 0 Å². The maximum absolute atomic E-state index is 11.9. The molecule has 0 bridgehead atoms. The lowest BCUT2D eigenvalue weighted by Gasteiger charge is -2.06. The van der Waals surface area contributed by atoms with Gasteiger partial charge in [0.15, 0.2) is 0 Å². The van der Waals surface area contributed by atoms with Crippen molar-refractivity contribution in [3.63, 3.8) is 0 Å². The van der Waals surface area contributed by atoms with Crippen LogP contribution in [0.4, 0.5) is 0 Å². The minimum absolute atomic E-state index is 0.299. The fourth-order valence-electron chi connectivity index (χ4n) is 2.41. The van der Waals surface area contributed by atoms with E-state index in [0.29, 0.717) is 18.6 Å². The van der Waals surface area contributed by atoms with E-state index in [1.165, 1.54) is 58.1 Å². The second-order valence-electron chi connectivity index (χ2n) is 5.87. The maximum atomic E-state index is 11.9. The van der Waals surface area contributed by atoms with E-state index in [4.69, 9.17) is 4.74 Å². The van der Waals surface area contributed by atoms with E-state index in [1.807, 2.05) is 0 Å². The van der Waals surface area contributed by atoms with Crippen LogP contribution in [0, 0.1) is 0 Å². The molecule has 0 aromatic carbocycles. The predicted octanol–water partition coefficient (Wildman–Crippen LogP) is 5.13. The molecule has 0 aromatic rings. The van der Waals surface area contributed by atoms with Crippen LogP contribution >= 0.6 is 0 Å². The van der Waals surface area contributed by atoms with Gasteiger partial charge in [0.1, 0.15) is 0 Å². The van der Waals surface area contributed by atoms with Crippen molar-refractivity contribution in [2.24, 2.45) is 0 Å². The Balaban J connectivity index is 4.09. The van der Waals surface area contributed by atoms with Crippen molar-refractivity contribution in [2.45, 2.75) is 78.1 Å². The Morgan fingerprint density at radius 1 is 0.875 bits per heavy atom. The summed E-state index contributed by atoms with van der Waals surface area (Å²) in [5.41, 5.74) is 0.611. The minimum atomic E-state index is -0.433. The average molecular weight is 338 g/mol. The van der Waals surface area contributed by atoms with Gasteiger partial charge >= 0.3 is 11.9 Å². The summed E-state index contributed by atoms with van der Waals surface area (Å²) in [6.45, 7) is 4.38. The Morgan fingerprint density at radius 3 is 2.00 bits per heavy atom. The first-order valence-electron chi connectivity index (χ1n) is 9.28. The van der Waals surface area contributed by atoms with Gasteiger partial charge in [0.25, 0.3) is 0 Å². The van der Waals surface area contributed by atoms with Crippen molar-refractivity contribution in [3.05, 3.63) is 23.8 Å². The van der Waals surface area contributed by atoms with E-state index < -0.39 is 5.97 Å². The topological polar surface area (TPSA) is 52.6 Å². The number of allylic oxidation sites excluding steroid dienone is 2. The Bertz CT molecular complexity index is 396. The molecule has 4 nitrogen and oxygen atoms in total. The molecule has 24 heavy (non-hydrogen) atoms. The lowest BCUT2D eigenvalue weighted by molar-refractivity contribution is -0.138. The molecule has 0 aliphatic carbocycles. The molecule has 0 aliphatic rings. The Kier molecular flexibility index (Phi) is 15.2. The molecule has 138 valence electrons. The third kappa shape index (κ3) is 12.9.